The average Bonchev–Trinajstić information content (AvgIpc) is 3.12. The highest BCUT2D eigenvalue weighted by molar-refractivity contribution is 7.80. The molecule has 0 spiro atoms. The molecule has 3 rings (SSSR count). The fraction of sp³-hybridized carbons (Fsp3) is 0. The third-order valence-corrected chi connectivity index (χ3v) is 4.07. The number of hydrogen-bond acceptors (Lipinski definition) is 5. The van der Waals surface area contributed by atoms with Gasteiger partial charge in [-0.25, -0.2) is 0 Å². The lowest BCUT2D eigenvalue weighted by Crippen LogP contribution is -2.33. The van der Waals surface area contributed by atoms with E-state index in [0.29, 0.717) is 22.0 Å². The number of thiocarbonyl (C=S) groups is 1. The molecule has 0 saturated carbocycles. The summed E-state index contributed by atoms with van der Waals surface area (Å²) in [6.07, 6.45) is 0. The number of nitro benzene ring substituents is 1. The summed E-state index contributed by atoms with van der Waals surface area (Å²) in [5.74, 6) is -0.00881. The second-order valence-electron chi connectivity index (χ2n) is 5.36. The van der Waals surface area contributed by atoms with Crippen molar-refractivity contribution in [2.45, 2.75) is 0 Å². The summed E-state index contributed by atoms with van der Waals surface area (Å²) in [6, 6.07) is 15.9. The Balaban J connectivity index is 1.64. The molecule has 0 unspecified atom stereocenters. The first kappa shape index (κ1) is 18.6. The molecule has 0 bridgehead atoms. The summed E-state index contributed by atoms with van der Waals surface area (Å²) >= 11 is 11.2. The predicted molar refractivity (Wildman–Crippen MR) is 106 cm³/mol. The molecule has 1 heterocycles. The molecule has 7 nitrogen and oxygen atoms in total. The molecule has 0 aliphatic rings. The number of anilines is 1. The smallest absolute Gasteiger partial charge is 0.293 e. The Labute approximate surface area is 164 Å². The molecule has 136 valence electrons. The Morgan fingerprint density at radius 1 is 1.07 bits per heavy atom. The van der Waals surface area contributed by atoms with E-state index in [9.17, 15) is 14.9 Å². The molecule has 27 heavy (non-hydrogen) atoms. The number of carbonyl (C=O) groups is 1. The molecule has 1 aromatic heterocycles. The van der Waals surface area contributed by atoms with E-state index in [2.05, 4.69) is 10.6 Å². The zero-order valence-corrected chi connectivity index (χ0v) is 15.2. The second kappa shape index (κ2) is 7.98. The molecule has 9 heteroatoms. The van der Waals surface area contributed by atoms with Crippen LogP contribution < -0.4 is 10.6 Å². The lowest BCUT2D eigenvalue weighted by atomic mass is 10.2. The van der Waals surface area contributed by atoms with Crippen LogP contribution in [0.5, 0.6) is 0 Å². The first-order valence-electron chi connectivity index (χ1n) is 7.65. The number of rotatable bonds is 4. The van der Waals surface area contributed by atoms with Gasteiger partial charge in [0.1, 0.15) is 5.76 Å². The highest BCUT2D eigenvalue weighted by Gasteiger charge is 2.15. The number of nitrogens with zero attached hydrogens (tertiary/aromatic N) is 1. The van der Waals surface area contributed by atoms with Crippen LogP contribution in [-0.2, 0) is 0 Å². The van der Waals surface area contributed by atoms with Gasteiger partial charge in [0.25, 0.3) is 11.6 Å². The van der Waals surface area contributed by atoms with Gasteiger partial charge in [0.2, 0.25) is 0 Å². The second-order valence-corrected chi connectivity index (χ2v) is 6.17. The molecule has 0 atom stereocenters. The number of furan rings is 1. The van der Waals surface area contributed by atoms with E-state index in [-0.39, 0.29) is 16.6 Å². The first-order chi connectivity index (χ1) is 12.9. The summed E-state index contributed by atoms with van der Waals surface area (Å²) in [6.45, 7) is 0. The van der Waals surface area contributed by atoms with Crippen LogP contribution in [0.15, 0.2) is 65.1 Å². The normalized spacial score (nSPS) is 10.3. The van der Waals surface area contributed by atoms with Crippen molar-refractivity contribution in [1.82, 2.24) is 5.32 Å². The van der Waals surface area contributed by atoms with Crippen molar-refractivity contribution in [2.75, 3.05) is 5.32 Å². The maximum Gasteiger partial charge on any atom is 0.293 e. The molecule has 0 saturated heterocycles. The van der Waals surface area contributed by atoms with Crippen LogP contribution in [0, 0.1) is 10.1 Å². The summed E-state index contributed by atoms with van der Waals surface area (Å²) in [5, 5.41) is 16.4. The zero-order chi connectivity index (χ0) is 19.4. The molecule has 3 aromatic rings. The van der Waals surface area contributed by atoms with Crippen LogP contribution in [0.1, 0.15) is 10.6 Å². The molecule has 0 radical (unpaired) electrons. The number of nitrogens with one attached hydrogen (secondary N) is 2. The van der Waals surface area contributed by atoms with Crippen LogP contribution in [0.4, 0.5) is 11.4 Å². The quantitative estimate of drug-likeness (QED) is 0.375. The number of carbonyl (C=O) groups excluding carboxylic acids is 1. The van der Waals surface area contributed by atoms with Crippen molar-refractivity contribution in [3.8, 4) is 11.3 Å². The largest absolute Gasteiger partial charge is 0.451 e. The van der Waals surface area contributed by atoms with Crippen LogP contribution >= 0.6 is 23.8 Å². The van der Waals surface area contributed by atoms with E-state index in [4.69, 9.17) is 28.2 Å². The maximum absolute atomic E-state index is 12.3. The Hall–Kier alpha value is -3.23. The number of hydrogen-bond donors (Lipinski definition) is 2. The molecule has 2 N–H and O–H groups in total. The van der Waals surface area contributed by atoms with E-state index >= 15 is 0 Å². The van der Waals surface area contributed by atoms with Crippen molar-refractivity contribution in [3.05, 3.63) is 81.6 Å². The van der Waals surface area contributed by atoms with E-state index < -0.39 is 10.8 Å². The highest BCUT2D eigenvalue weighted by Crippen LogP contribution is 2.29. The molecular formula is C18H12ClN3O4S. The van der Waals surface area contributed by atoms with E-state index in [0.717, 1.165) is 0 Å². The van der Waals surface area contributed by atoms with Crippen LogP contribution in [0.3, 0.4) is 0 Å². The van der Waals surface area contributed by atoms with Gasteiger partial charge < -0.3 is 9.73 Å². The van der Waals surface area contributed by atoms with E-state index in [1.54, 1.807) is 24.3 Å². The van der Waals surface area contributed by atoms with Gasteiger partial charge in [-0.1, -0.05) is 23.7 Å². The minimum Gasteiger partial charge on any atom is -0.451 e. The SMILES string of the molecule is O=C(NC(=S)Nc1ccc([N+](=O)[O-])cc1)c1ccc(-c2ccccc2Cl)o1. The third-order valence-electron chi connectivity index (χ3n) is 3.53. The average molecular weight is 402 g/mol. The van der Waals surface area contributed by atoms with Crippen molar-refractivity contribution >= 4 is 46.2 Å². The predicted octanol–water partition coefficient (Wildman–Crippen LogP) is 4.64. The molecule has 1 amide bonds. The Bertz CT molecular complexity index is 1020. The number of nitro groups is 1. The van der Waals surface area contributed by atoms with Crippen LogP contribution in [0.25, 0.3) is 11.3 Å². The minimum absolute atomic E-state index is 0.0320. The lowest BCUT2D eigenvalue weighted by molar-refractivity contribution is -0.384. The first-order valence-corrected chi connectivity index (χ1v) is 8.44. The number of halogens is 1. The highest BCUT2D eigenvalue weighted by atomic mass is 35.5. The summed E-state index contributed by atoms with van der Waals surface area (Å²) < 4.78 is 5.55. The van der Waals surface area contributed by atoms with E-state index in [1.807, 2.05) is 6.07 Å². The topological polar surface area (TPSA) is 97.4 Å². The number of non-ortho nitro benzene ring substituents is 1. The Kier molecular flexibility index (Phi) is 5.49. The van der Waals surface area contributed by atoms with Gasteiger partial charge in [0.05, 0.1) is 9.95 Å². The van der Waals surface area contributed by atoms with Gasteiger partial charge in [-0.3, -0.25) is 20.2 Å². The van der Waals surface area contributed by atoms with Crippen molar-refractivity contribution < 1.29 is 14.1 Å². The van der Waals surface area contributed by atoms with Gasteiger partial charge in [-0.2, -0.15) is 0 Å². The molecule has 0 fully saturated rings. The van der Waals surface area contributed by atoms with Crippen LogP contribution in [-0.4, -0.2) is 15.9 Å². The molecule has 0 aliphatic carbocycles. The standard InChI is InChI=1S/C18H12ClN3O4S/c19-14-4-2-1-3-13(14)15-9-10-16(26-15)17(23)21-18(27)20-11-5-7-12(8-6-11)22(24)25/h1-10H,(H2,20,21,23,27). The van der Waals surface area contributed by atoms with Gasteiger partial charge >= 0.3 is 0 Å². The number of amides is 1. The lowest BCUT2D eigenvalue weighted by Gasteiger charge is -2.08. The number of benzene rings is 2. The summed E-state index contributed by atoms with van der Waals surface area (Å²) in [7, 11) is 0. The van der Waals surface area contributed by atoms with Gasteiger partial charge in [0.15, 0.2) is 10.9 Å². The Morgan fingerprint density at radius 3 is 2.44 bits per heavy atom. The van der Waals surface area contributed by atoms with Crippen molar-refractivity contribution in [3.63, 3.8) is 0 Å². The van der Waals surface area contributed by atoms with Crippen molar-refractivity contribution in [2.24, 2.45) is 0 Å². The summed E-state index contributed by atoms with van der Waals surface area (Å²) in [4.78, 5) is 22.4. The van der Waals surface area contributed by atoms with Crippen molar-refractivity contribution in [1.29, 1.82) is 0 Å². The van der Waals surface area contributed by atoms with Gasteiger partial charge in [-0.05, 0) is 48.6 Å². The molecule has 2 aromatic carbocycles. The Morgan fingerprint density at radius 2 is 1.78 bits per heavy atom. The fourth-order valence-corrected chi connectivity index (χ4v) is 2.70. The zero-order valence-electron chi connectivity index (χ0n) is 13.6. The summed E-state index contributed by atoms with van der Waals surface area (Å²) in [5.41, 5.74) is 1.13. The van der Waals surface area contributed by atoms with E-state index in [1.165, 1.54) is 30.3 Å². The minimum atomic E-state index is -0.535. The van der Waals surface area contributed by atoms with Gasteiger partial charge in [-0.15, -0.1) is 0 Å². The maximum atomic E-state index is 12.3. The monoisotopic (exact) mass is 401 g/mol. The molecular weight excluding hydrogens is 390 g/mol. The molecule has 0 aliphatic heterocycles. The van der Waals surface area contributed by atoms with Crippen LogP contribution in [0.2, 0.25) is 5.02 Å². The fourth-order valence-electron chi connectivity index (χ4n) is 2.26. The third kappa shape index (κ3) is 4.49. The van der Waals surface area contributed by atoms with Gasteiger partial charge in [0, 0.05) is 23.4 Å².